The first kappa shape index (κ1) is 16.7. The maximum atomic E-state index is 10.6. The molecule has 1 fully saturated rings. The van der Waals surface area contributed by atoms with E-state index >= 15 is 0 Å². The lowest BCUT2D eigenvalue weighted by molar-refractivity contribution is -0.373. The SMILES string of the molecule is OC(Br)[C@H]1O[C@H](O)[C@@H](O)[C@](O)(Oc2cc3ccccc3[nH]2)[C@@H]1O. The zero-order chi connectivity index (χ0) is 16.8. The van der Waals surface area contributed by atoms with E-state index in [4.69, 9.17) is 9.47 Å². The zero-order valence-electron chi connectivity index (χ0n) is 11.7. The van der Waals surface area contributed by atoms with Gasteiger partial charge in [0.25, 0.3) is 5.79 Å². The van der Waals surface area contributed by atoms with Crippen molar-refractivity contribution in [3.05, 3.63) is 30.3 Å². The molecular weight excluding hydrogens is 374 g/mol. The topological polar surface area (TPSA) is 135 Å². The molecule has 6 atom stereocenters. The first-order chi connectivity index (χ1) is 10.8. The Morgan fingerprint density at radius 3 is 2.57 bits per heavy atom. The van der Waals surface area contributed by atoms with E-state index in [-0.39, 0.29) is 5.88 Å². The number of rotatable bonds is 3. The predicted octanol–water partition coefficient (Wildman–Crippen LogP) is -0.612. The van der Waals surface area contributed by atoms with E-state index < -0.39 is 35.4 Å². The van der Waals surface area contributed by atoms with Crippen LogP contribution in [0.1, 0.15) is 0 Å². The van der Waals surface area contributed by atoms with Gasteiger partial charge < -0.3 is 40.0 Å². The standard InChI is InChI=1S/C14H16BrNO7/c15-12(19)9-10(17)14(21,11(18)13(20)22-9)23-8-5-6-3-1-2-4-7(6)16-8/h1-5,9-13,16-21H/t9-,10+,11+,12?,13-,14+/m0/s1. The molecule has 126 valence electrons. The van der Waals surface area contributed by atoms with Crippen LogP contribution in [0.4, 0.5) is 0 Å². The number of hydrogen-bond acceptors (Lipinski definition) is 7. The normalized spacial score (nSPS) is 36.1. The third kappa shape index (κ3) is 2.85. The van der Waals surface area contributed by atoms with Crippen LogP contribution in [0.2, 0.25) is 0 Å². The molecule has 0 saturated carbocycles. The van der Waals surface area contributed by atoms with E-state index in [2.05, 4.69) is 20.9 Å². The lowest BCUT2D eigenvalue weighted by atomic mass is 9.95. The number of H-pyrrole nitrogens is 1. The van der Waals surface area contributed by atoms with Crippen molar-refractivity contribution >= 4 is 26.8 Å². The van der Waals surface area contributed by atoms with Gasteiger partial charge in [-0.3, -0.25) is 0 Å². The summed E-state index contributed by atoms with van der Waals surface area (Å²) in [6.07, 6.45) is -7.05. The molecule has 23 heavy (non-hydrogen) atoms. The van der Waals surface area contributed by atoms with Crippen LogP contribution >= 0.6 is 15.9 Å². The number of fused-ring (bicyclic) bond motifs is 1. The monoisotopic (exact) mass is 389 g/mol. The quantitative estimate of drug-likeness (QED) is 0.304. The van der Waals surface area contributed by atoms with Crippen molar-refractivity contribution in [2.24, 2.45) is 0 Å². The highest BCUT2D eigenvalue weighted by Crippen LogP contribution is 2.34. The maximum Gasteiger partial charge on any atom is 0.269 e. The average Bonchev–Trinajstić information content (AvgIpc) is 2.91. The van der Waals surface area contributed by atoms with Gasteiger partial charge in [0.2, 0.25) is 0 Å². The van der Waals surface area contributed by atoms with Gasteiger partial charge in [-0.15, -0.1) is 0 Å². The zero-order valence-corrected chi connectivity index (χ0v) is 13.3. The molecule has 2 heterocycles. The molecule has 0 radical (unpaired) electrons. The van der Waals surface area contributed by atoms with Crippen LogP contribution in [0.5, 0.6) is 5.88 Å². The Morgan fingerprint density at radius 2 is 1.91 bits per heavy atom. The molecule has 1 aliphatic heterocycles. The second-order valence-electron chi connectivity index (χ2n) is 5.33. The highest BCUT2D eigenvalue weighted by molar-refractivity contribution is 9.09. The number of alkyl halides is 1. The van der Waals surface area contributed by atoms with E-state index in [0.29, 0.717) is 0 Å². The number of benzene rings is 1. The number of aromatic nitrogens is 1. The summed E-state index contributed by atoms with van der Waals surface area (Å²) >= 11 is 2.79. The molecule has 1 aromatic carbocycles. The molecular formula is C14H16BrNO7. The summed E-state index contributed by atoms with van der Waals surface area (Å²) in [6, 6.07) is 8.76. The number of para-hydroxylation sites is 1. The van der Waals surface area contributed by atoms with Gasteiger partial charge in [0.05, 0.1) is 0 Å². The third-order valence-electron chi connectivity index (χ3n) is 3.78. The van der Waals surface area contributed by atoms with Crippen LogP contribution in [0.15, 0.2) is 30.3 Å². The highest BCUT2D eigenvalue weighted by atomic mass is 79.9. The summed E-state index contributed by atoms with van der Waals surface area (Å²) in [6.45, 7) is 0. The minimum atomic E-state index is -2.59. The second-order valence-corrected chi connectivity index (χ2v) is 6.27. The summed E-state index contributed by atoms with van der Waals surface area (Å²) in [7, 11) is 0. The maximum absolute atomic E-state index is 10.6. The Hall–Kier alpha value is -1.20. The lowest BCUT2D eigenvalue weighted by Crippen LogP contribution is -2.70. The van der Waals surface area contributed by atoms with Gasteiger partial charge in [-0.25, -0.2) is 0 Å². The van der Waals surface area contributed by atoms with E-state index in [1.54, 1.807) is 24.3 Å². The highest BCUT2D eigenvalue weighted by Gasteiger charge is 2.58. The molecule has 8 nitrogen and oxygen atoms in total. The first-order valence-electron chi connectivity index (χ1n) is 6.84. The molecule has 1 aromatic heterocycles. The van der Waals surface area contributed by atoms with Gasteiger partial charge in [0.15, 0.2) is 24.4 Å². The van der Waals surface area contributed by atoms with Crippen molar-refractivity contribution in [3.63, 3.8) is 0 Å². The van der Waals surface area contributed by atoms with Crippen LogP contribution < -0.4 is 4.74 Å². The van der Waals surface area contributed by atoms with Crippen LogP contribution in [-0.4, -0.2) is 65.9 Å². The van der Waals surface area contributed by atoms with Gasteiger partial charge in [-0.2, -0.15) is 0 Å². The lowest BCUT2D eigenvalue weighted by Gasteiger charge is -2.46. The Labute approximate surface area is 139 Å². The van der Waals surface area contributed by atoms with Gasteiger partial charge in [-0.05, 0) is 6.07 Å². The predicted molar refractivity (Wildman–Crippen MR) is 81.7 cm³/mol. The summed E-state index contributed by atoms with van der Waals surface area (Å²) in [5.41, 5.74) is 0.722. The van der Waals surface area contributed by atoms with Crippen LogP contribution in [-0.2, 0) is 4.74 Å². The van der Waals surface area contributed by atoms with Crippen molar-refractivity contribution in [2.45, 2.75) is 35.4 Å². The molecule has 2 aromatic rings. The molecule has 3 rings (SSSR count). The van der Waals surface area contributed by atoms with Gasteiger partial charge in [0, 0.05) is 17.0 Å². The summed E-state index contributed by atoms with van der Waals surface area (Å²) < 4.78 is 10.2. The van der Waals surface area contributed by atoms with Crippen molar-refractivity contribution in [1.29, 1.82) is 0 Å². The largest absolute Gasteiger partial charge is 0.441 e. The number of nitrogens with one attached hydrogen (secondary N) is 1. The molecule has 6 N–H and O–H groups in total. The van der Waals surface area contributed by atoms with Crippen molar-refractivity contribution in [3.8, 4) is 5.88 Å². The molecule has 1 aliphatic rings. The van der Waals surface area contributed by atoms with Crippen LogP contribution in [0.3, 0.4) is 0 Å². The number of aliphatic hydroxyl groups excluding tert-OH is 4. The summed E-state index contributed by atoms with van der Waals surface area (Å²) in [5.74, 6) is -2.51. The van der Waals surface area contributed by atoms with Gasteiger partial charge >= 0.3 is 0 Å². The molecule has 0 spiro atoms. The molecule has 0 aliphatic carbocycles. The molecule has 1 unspecified atom stereocenters. The fraction of sp³-hybridized carbons (Fsp3) is 0.429. The molecule has 1 saturated heterocycles. The van der Waals surface area contributed by atoms with E-state index in [1.165, 1.54) is 0 Å². The Morgan fingerprint density at radius 1 is 1.22 bits per heavy atom. The van der Waals surface area contributed by atoms with Gasteiger partial charge in [-0.1, -0.05) is 34.1 Å². The Bertz CT molecular complexity index is 660. The van der Waals surface area contributed by atoms with E-state index in [1.807, 2.05) is 6.07 Å². The third-order valence-corrected chi connectivity index (χ3v) is 4.30. The number of aliphatic hydroxyl groups is 5. The minimum Gasteiger partial charge on any atom is -0.441 e. The smallest absolute Gasteiger partial charge is 0.269 e. The minimum absolute atomic E-state index is 0.0729. The first-order valence-corrected chi connectivity index (χ1v) is 7.75. The molecule has 9 heteroatoms. The molecule has 0 bridgehead atoms. The average molecular weight is 390 g/mol. The van der Waals surface area contributed by atoms with Crippen molar-refractivity contribution in [1.82, 2.24) is 4.98 Å². The van der Waals surface area contributed by atoms with Crippen molar-refractivity contribution in [2.75, 3.05) is 0 Å². The van der Waals surface area contributed by atoms with Gasteiger partial charge in [0.1, 0.15) is 11.1 Å². The Balaban J connectivity index is 1.93. The fourth-order valence-corrected chi connectivity index (χ4v) is 2.95. The fourth-order valence-electron chi connectivity index (χ4n) is 2.54. The molecule has 0 amide bonds. The van der Waals surface area contributed by atoms with Crippen LogP contribution in [0.25, 0.3) is 10.9 Å². The number of ether oxygens (including phenoxy) is 2. The number of aromatic amines is 1. The summed E-state index contributed by atoms with van der Waals surface area (Å²) in [4.78, 5) is 2.87. The van der Waals surface area contributed by atoms with Crippen molar-refractivity contribution < 1.29 is 35.0 Å². The van der Waals surface area contributed by atoms with E-state index in [9.17, 15) is 25.5 Å². The second kappa shape index (κ2) is 6.02. The van der Waals surface area contributed by atoms with E-state index in [0.717, 1.165) is 10.9 Å². The summed E-state index contributed by atoms with van der Waals surface area (Å²) in [5, 5.41) is 49.4. The Kier molecular flexibility index (Phi) is 4.36. The number of hydrogen-bond donors (Lipinski definition) is 6. The number of halogens is 1. The van der Waals surface area contributed by atoms with Crippen LogP contribution in [0, 0.1) is 0 Å².